The second-order valence-electron chi connectivity index (χ2n) is 10.8. The molecular formula is C35H46N2O5S. The molecule has 2 heterocycles. The van der Waals surface area contributed by atoms with Crippen LogP contribution in [0.1, 0.15) is 67.0 Å². The van der Waals surface area contributed by atoms with Gasteiger partial charge in [0.05, 0.1) is 13.7 Å². The van der Waals surface area contributed by atoms with E-state index in [2.05, 4.69) is 92.7 Å². The zero-order valence-electron chi connectivity index (χ0n) is 26.4. The number of hydrogen-bond donors (Lipinski definition) is 1. The van der Waals surface area contributed by atoms with Crippen LogP contribution in [0.3, 0.4) is 0 Å². The largest absolute Gasteiger partial charge is 0.493 e. The predicted molar refractivity (Wildman–Crippen MR) is 176 cm³/mol. The van der Waals surface area contributed by atoms with Gasteiger partial charge in [0.15, 0.2) is 11.5 Å². The summed E-state index contributed by atoms with van der Waals surface area (Å²) in [5.41, 5.74) is 7.29. The van der Waals surface area contributed by atoms with Crippen molar-refractivity contribution in [3.8, 4) is 23.0 Å². The number of hydrogen-bond acceptors (Lipinski definition) is 7. The van der Waals surface area contributed by atoms with Crippen LogP contribution in [0.25, 0.3) is 0 Å². The Hall–Kier alpha value is -3.36. The van der Waals surface area contributed by atoms with Gasteiger partial charge in [-0.15, -0.1) is 0 Å². The van der Waals surface area contributed by atoms with Crippen LogP contribution in [0.2, 0.25) is 0 Å². The fourth-order valence-corrected chi connectivity index (χ4v) is 6.25. The molecule has 43 heavy (non-hydrogen) atoms. The zero-order valence-corrected chi connectivity index (χ0v) is 27.2. The number of anilines is 1. The average Bonchev–Trinajstić information content (AvgIpc) is 3.69. The number of likely N-dealkylation sites (N-methyl/N-ethyl adjacent to an activating group) is 1. The molecule has 3 aromatic rings. The number of amides is 1. The van der Waals surface area contributed by atoms with Gasteiger partial charge in [0.2, 0.25) is 19.0 Å². The Balaban J connectivity index is 0.000000255. The third-order valence-corrected chi connectivity index (χ3v) is 8.77. The normalized spacial score (nSPS) is 17.3. The number of carbonyl (C=O) groups excluding carboxylic acids is 1. The topological polar surface area (TPSA) is 69.3 Å². The molecule has 0 aromatic heterocycles. The van der Waals surface area contributed by atoms with Crippen LogP contribution < -0.4 is 24.3 Å². The second-order valence-corrected chi connectivity index (χ2v) is 11.8. The van der Waals surface area contributed by atoms with Crippen molar-refractivity contribution < 1.29 is 23.7 Å². The van der Waals surface area contributed by atoms with Gasteiger partial charge in [-0.3, -0.25) is 9.69 Å². The molecule has 0 spiro atoms. The van der Waals surface area contributed by atoms with Crippen molar-refractivity contribution in [3.63, 3.8) is 0 Å². The highest BCUT2D eigenvalue weighted by Gasteiger charge is 2.34. The smallest absolute Gasteiger partial charge is 0.231 e. The molecule has 1 saturated heterocycles. The van der Waals surface area contributed by atoms with E-state index in [0.717, 1.165) is 79.8 Å². The minimum absolute atomic E-state index is 0.259. The summed E-state index contributed by atoms with van der Waals surface area (Å²) in [6.07, 6.45) is 5.82. The number of methoxy groups -OCH3 is 1. The molecule has 2 aliphatic heterocycles. The molecule has 232 valence electrons. The van der Waals surface area contributed by atoms with E-state index in [4.69, 9.17) is 18.9 Å². The number of nitrogens with zero attached hydrogens (tertiary/aromatic N) is 1. The van der Waals surface area contributed by atoms with Crippen molar-refractivity contribution >= 4 is 23.9 Å². The lowest BCUT2D eigenvalue weighted by Crippen LogP contribution is -2.23. The molecule has 8 heteroatoms. The number of fused-ring (bicyclic) bond motifs is 1. The van der Waals surface area contributed by atoms with Crippen LogP contribution in [-0.4, -0.2) is 56.9 Å². The Morgan fingerprint density at radius 2 is 1.74 bits per heavy atom. The number of ether oxygens (including phenoxy) is 4. The quantitative estimate of drug-likeness (QED) is 0.170. The summed E-state index contributed by atoms with van der Waals surface area (Å²) in [7, 11) is 1.68. The first-order valence-corrected chi connectivity index (χ1v) is 16.6. The molecule has 2 atom stereocenters. The van der Waals surface area contributed by atoms with Gasteiger partial charge in [0.25, 0.3) is 0 Å². The Kier molecular flexibility index (Phi) is 12.1. The van der Waals surface area contributed by atoms with Crippen LogP contribution in [0.4, 0.5) is 5.69 Å². The fourth-order valence-electron chi connectivity index (χ4n) is 6.00. The van der Waals surface area contributed by atoms with Gasteiger partial charge in [0, 0.05) is 24.0 Å². The lowest BCUT2D eigenvalue weighted by atomic mass is 9.93. The first-order valence-electron chi connectivity index (χ1n) is 15.2. The summed E-state index contributed by atoms with van der Waals surface area (Å²) in [6, 6.07) is 17.5. The Morgan fingerprint density at radius 3 is 2.35 bits per heavy atom. The molecule has 0 unspecified atom stereocenters. The first-order chi connectivity index (χ1) is 21.0. The van der Waals surface area contributed by atoms with Gasteiger partial charge in [-0.05, 0) is 91.4 Å². The molecule has 3 aromatic carbocycles. The number of benzene rings is 3. The SMILES string of the molecule is CCN1C[C@H](c2cc(OC)c3c(c2)OCO3)C[C@@H]1c1ccc(OCCSC)cc1.CCc1cc(C)cc(CC)c1NC=O. The third-order valence-electron chi connectivity index (χ3n) is 8.19. The molecule has 1 fully saturated rings. The summed E-state index contributed by atoms with van der Waals surface area (Å²) in [5.74, 6) is 4.65. The maximum atomic E-state index is 10.5. The Bertz CT molecular complexity index is 1320. The van der Waals surface area contributed by atoms with Crippen molar-refractivity contribution in [3.05, 3.63) is 76.3 Å². The van der Waals surface area contributed by atoms with Gasteiger partial charge in [-0.2, -0.15) is 11.8 Å². The number of nitrogens with one attached hydrogen (secondary N) is 1. The van der Waals surface area contributed by atoms with E-state index in [1.807, 2.05) is 0 Å². The number of carbonyl (C=O) groups is 1. The van der Waals surface area contributed by atoms with Gasteiger partial charge < -0.3 is 24.3 Å². The maximum Gasteiger partial charge on any atom is 0.231 e. The van der Waals surface area contributed by atoms with Gasteiger partial charge in [0.1, 0.15) is 5.75 Å². The van der Waals surface area contributed by atoms with Crippen molar-refractivity contribution in [2.24, 2.45) is 0 Å². The van der Waals surface area contributed by atoms with E-state index in [1.54, 1.807) is 18.9 Å². The minimum Gasteiger partial charge on any atom is -0.493 e. The summed E-state index contributed by atoms with van der Waals surface area (Å²) in [4.78, 5) is 13.0. The first kappa shape index (κ1) is 32.6. The molecule has 5 rings (SSSR count). The van der Waals surface area contributed by atoms with E-state index in [1.165, 1.54) is 27.8 Å². The fraction of sp³-hybridized carbons (Fsp3) is 0.457. The Morgan fingerprint density at radius 1 is 1.02 bits per heavy atom. The van der Waals surface area contributed by atoms with Crippen molar-refractivity contribution in [1.29, 1.82) is 0 Å². The summed E-state index contributed by atoms with van der Waals surface area (Å²) in [5, 5.41) is 2.79. The molecule has 1 amide bonds. The highest BCUT2D eigenvalue weighted by atomic mass is 32.2. The van der Waals surface area contributed by atoms with E-state index in [-0.39, 0.29) is 6.79 Å². The maximum absolute atomic E-state index is 10.5. The molecule has 0 bridgehead atoms. The standard InChI is InChI=1S/C23H29NO4S.C12H17NO/c1-4-24-14-18(17-12-21(25-2)23-22(13-17)27-15-28-23)11-20(24)16-5-7-19(8-6-16)26-9-10-29-3;1-4-10-6-9(3)7-11(5-2)12(10)13-8-14/h5-8,12-13,18,20H,4,9-11,14-15H2,1-3H3;6-8H,4-5H2,1-3H3,(H,13,14)/t18-,20-;/m1./s1. The van der Waals surface area contributed by atoms with Crippen molar-refractivity contribution in [2.45, 2.75) is 58.9 Å². The summed E-state index contributed by atoms with van der Waals surface area (Å²) < 4.78 is 22.5. The number of likely N-dealkylation sites (tertiary alicyclic amines) is 1. The average molecular weight is 607 g/mol. The number of rotatable bonds is 12. The lowest BCUT2D eigenvalue weighted by Gasteiger charge is -2.23. The van der Waals surface area contributed by atoms with Crippen LogP contribution >= 0.6 is 11.8 Å². The zero-order chi connectivity index (χ0) is 30.8. The van der Waals surface area contributed by atoms with Crippen molar-refractivity contribution in [1.82, 2.24) is 4.90 Å². The molecule has 2 aliphatic rings. The monoisotopic (exact) mass is 606 g/mol. The van der Waals surface area contributed by atoms with E-state index in [0.29, 0.717) is 12.0 Å². The highest BCUT2D eigenvalue weighted by molar-refractivity contribution is 7.98. The lowest BCUT2D eigenvalue weighted by molar-refractivity contribution is -0.105. The van der Waals surface area contributed by atoms with Crippen LogP contribution in [0, 0.1) is 6.92 Å². The van der Waals surface area contributed by atoms with Gasteiger partial charge in [-0.1, -0.05) is 50.6 Å². The second kappa shape index (κ2) is 15.9. The number of aryl methyl sites for hydroxylation is 3. The van der Waals surface area contributed by atoms with Crippen LogP contribution in [0.15, 0.2) is 48.5 Å². The highest BCUT2D eigenvalue weighted by Crippen LogP contribution is 2.47. The van der Waals surface area contributed by atoms with Gasteiger partial charge >= 0.3 is 0 Å². The van der Waals surface area contributed by atoms with E-state index in [9.17, 15) is 4.79 Å². The summed E-state index contributed by atoms with van der Waals surface area (Å²) in [6.45, 7) is 11.6. The third kappa shape index (κ3) is 7.98. The molecule has 0 radical (unpaired) electrons. The van der Waals surface area contributed by atoms with E-state index < -0.39 is 0 Å². The predicted octanol–water partition coefficient (Wildman–Crippen LogP) is 7.40. The van der Waals surface area contributed by atoms with Gasteiger partial charge in [-0.25, -0.2) is 0 Å². The molecule has 0 saturated carbocycles. The molecule has 7 nitrogen and oxygen atoms in total. The number of thioether (sulfide) groups is 1. The van der Waals surface area contributed by atoms with Crippen molar-refractivity contribution in [2.75, 3.05) is 50.9 Å². The minimum atomic E-state index is 0.259. The van der Waals surface area contributed by atoms with E-state index >= 15 is 0 Å². The van der Waals surface area contributed by atoms with Crippen LogP contribution in [-0.2, 0) is 17.6 Å². The Labute approximate surface area is 261 Å². The molecular weight excluding hydrogens is 560 g/mol. The summed E-state index contributed by atoms with van der Waals surface area (Å²) >= 11 is 1.80. The molecule has 1 N–H and O–H groups in total. The molecule has 0 aliphatic carbocycles. The van der Waals surface area contributed by atoms with Crippen LogP contribution in [0.5, 0.6) is 23.0 Å².